The van der Waals surface area contributed by atoms with Crippen LogP contribution in [0.4, 0.5) is 0 Å². The Morgan fingerprint density at radius 1 is 0.978 bits per heavy atom. The van der Waals surface area contributed by atoms with Gasteiger partial charge in [-0.1, -0.05) is 42.8 Å². The number of phenolic OH excluding ortho intramolecular Hbond substituents is 1. The fourth-order valence-corrected chi connectivity index (χ4v) is 7.53. The molecule has 3 aliphatic carbocycles. The molecule has 0 unspecified atom stereocenters. The Kier molecular flexibility index (Phi) is 7.97. The van der Waals surface area contributed by atoms with Crippen molar-refractivity contribution in [3.05, 3.63) is 71.0 Å². The number of benzene rings is 2. The second kappa shape index (κ2) is 11.8. The van der Waals surface area contributed by atoms with Crippen molar-refractivity contribution >= 4 is 29.8 Å². The first-order valence-corrected chi connectivity index (χ1v) is 15.0. The summed E-state index contributed by atoms with van der Waals surface area (Å²) in [4.78, 5) is 61.1. The van der Waals surface area contributed by atoms with Gasteiger partial charge in [0.2, 0.25) is 12.2 Å². The SMILES string of the molecule is O=C(O)C[C@@H](OC(=O)[C@@H](OC(=O)CCC(=O)OC1=CC[C@@]2(O)[C@@H]3CCC[C@@]24c2c(ccc(O)c2O[C@@H]14)C3)c1ccccc1)C(=O)O. The number of carboxylic acids is 2. The molecule has 13 heteroatoms. The highest BCUT2D eigenvalue weighted by molar-refractivity contribution is 5.86. The fraction of sp³-hybridized carbons (Fsp3) is 0.424. The van der Waals surface area contributed by atoms with Crippen LogP contribution in [0.2, 0.25) is 0 Å². The van der Waals surface area contributed by atoms with Gasteiger partial charge in [-0.05, 0) is 49.3 Å². The van der Waals surface area contributed by atoms with Crippen LogP contribution in [0.5, 0.6) is 11.5 Å². The number of carbonyl (C=O) groups excluding carboxylic acids is 3. The monoisotopic (exact) mass is 636 g/mol. The normalized spacial score (nSPS) is 26.3. The van der Waals surface area contributed by atoms with Gasteiger partial charge in [-0.25, -0.2) is 9.59 Å². The van der Waals surface area contributed by atoms with Crippen LogP contribution in [0, 0.1) is 5.92 Å². The first-order valence-electron chi connectivity index (χ1n) is 15.0. The Balaban J connectivity index is 1.14. The van der Waals surface area contributed by atoms with Gasteiger partial charge in [-0.2, -0.15) is 0 Å². The molecule has 1 saturated carbocycles. The van der Waals surface area contributed by atoms with E-state index in [-0.39, 0.29) is 35.2 Å². The molecule has 6 rings (SSSR count). The van der Waals surface area contributed by atoms with Crippen molar-refractivity contribution in [2.45, 2.75) is 80.7 Å². The molecule has 1 fully saturated rings. The highest BCUT2D eigenvalue weighted by Gasteiger charge is 2.70. The van der Waals surface area contributed by atoms with E-state index >= 15 is 0 Å². The van der Waals surface area contributed by atoms with Crippen molar-refractivity contribution in [2.75, 3.05) is 0 Å². The summed E-state index contributed by atoms with van der Waals surface area (Å²) >= 11 is 0. The van der Waals surface area contributed by atoms with Crippen molar-refractivity contribution in [1.29, 1.82) is 0 Å². The number of aromatic hydroxyl groups is 1. The molecule has 0 saturated heterocycles. The lowest BCUT2D eigenvalue weighted by Crippen LogP contribution is -2.67. The molecular weight excluding hydrogens is 604 g/mol. The Hall–Kier alpha value is -4.91. The lowest BCUT2D eigenvalue weighted by molar-refractivity contribution is -0.179. The van der Waals surface area contributed by atoms with E-state index in [9.17, 15) is 39.3 Å². The van der Waals surface area contributed by atoms with Crippen molar-refractivity contribution in [3.63, 3.8) is 0 Å². The predicted molar refractivity (Wildman–Crippen MR) is 153 cm³/mol. The quantitative estimate of drug-likeness (QED) is 0.207. The lowest BCUT2D eigenvalue weighted by atomic mass is 9.47. The summed E-state index contributed by atoms with van der Waals surface area (Å²) in [6.45, 7) is 0. The minimum absolute atomic E-state index is 0.0298. The number of aliphatic carboxylic acids is 2. The maximum absolute atomic E-state index is 13.0. The number of esters is 3. The molecule has 0 aromatic heterocycles. The number of ether oxygens (including phenoxy) is 4. The minimum atomic E-state index is -2.02. The standard InChI is InChI=1S/C33H32O13/c34-20-9-8-18-15-19-7-4-13-32-26(18)28(20)46-29(32)21(12-14-33(19,32)42)43-24(37)10-11-25(38)45-27(17-5-2-1-3-6-17)31(41)44-22(30(39)40)16-23(35)36/h1-3,5-6,8-9,12,19,22,27,29,34,42H,4,7,10-11,13-16H2,(H,35,36)(H,39,40)/t19-,22-,27+,29+,32+,33-/m1/s1. The van der Waals surface area contributed by atoms with Gasteiger partial charge in [-0.15, -0.1) is 0 Å². The molecule has 2 bridgehead atoms. The highest BCUT2D eigenvalue weighted by Crippen LogP contribution is 2.67. The van der Waals surface area contributed by atoms with E-state index in [0.29, 0.717) is 12.8 Å². The molecule has 1 spiro atoms. The predicted octanol–water partition coefficient (Wildman–Crippen LogP) is 2.84. The molecule has 4 aliphatic rings. The first-order chi connectivity index (χ1) is 21.9. The number of aliphatic hydroxyl groups is 1. The van der Waals surface area contributed by atoms with Crippen molar-refractivity contribution in [2.24, 2.45) is 5.92 Å². The second-order valence-corrected chi connectivity index (χ2v) is 12.1. The fourth-order valence-electron chi connectivity index (χ4n) is 7.53. The molecule has 1 aliphatic heterocycles. The van der Waals surface area contributed by atoms with Crippen LogP contribution in [0.15, 0.2) is 54.3 Å². The maximum Gasteiger partial charge on any atom is 0.353 e. The summed E-state index contributed by atoms with van der Waals surface area (Å²) in [7, 11) is 0. The van der Waals surface area contributed by atoms with E-state index in [1.54, 1.807) is 18.2 Å². The van der Waals surface area contributed by atoms with E-state index in [1.165, 1.54) is 24.3 Å². The number of carbonyl (C=O) groups is 5. The Morgan fingerprint density at radius 2 is 1.72 bits per heavy atom. The van der Waals surface area contributed by atoms with Gasteiger partial charge >= 0.3 is 29.8 Å². The molecule has 2 aromatic rings. The molecule has 0 amide bonds. The van der Waals surface area contributed by atoms with E-state index in [4.69, 9.17) is 24.1 Å². The molecule has 242 valence electrons. The minimum Gasteiger partial charge on any atom is -0.504 e. The van der Waals surface area contributed by atoms with Gasteiger partial charge in [0.1, 0.15) is 5.76 Å². The average Bonchev–Trinajstić information content (AvgIpc) is 3.37. The summed E-state index contributed by atoms with van der Waals surface area (Å²) in [6.07, 6.45) is -1.87. The summed E-state index contributed by atoms with van der Waals surface area (Å²) in [6, 6.07) is 11.0. The average molecular weight is 637 g/mol. The Labute approximate surface area is 262 Å². The van der Waals surface area contributed by atoms with Gasteiger partial charge in [0.15, 0.2) is 17.6 Å². The second-order valence-electron chi connectivity index (χ2n) is 12.1. The number of hydrogen-bond acceptors (Lipinski definition) is 11. The molecule has 0 radical (unpaired) electrons. The Bertz CT molecular complexity index is 1630. The van der Waals surface area contributed by atoms with Crippen molar-refractivity contribution in [1.82, 2.24) is 0 Å². The summed E-state index contributed by atoms with van der Waals surface area (Å²) < 4.78 is 22.1. The van der Waals surface area contributed by atoms with Crippen molar-refractivity contribution in [3.8, 4) is 11.5 Å². The third kappa shape index (κ3) is 5.14. The molecule has 6 atom stereocenters. The number of hydrogen-bond donors (Lipinski definition) is 4. The summed E-state index contributed by atoms with van der Waals surface area (Å²) in [5.74, 6) is -5.94. The van der Waals surface area contributed by atoms with Crippen LogP contribution < -0.4 is 4.74 Å². The van der Waals surface area contributed by atoms with E-state index in [2.05, 4.69) is 0 Å². The maximum atomic E-state index is 13.0. The number of carboxylic acid groups (broad SMARTS) is 2. The summed E-state index contributed by atoms with van der Waals surface area (Å²) in [5, 5.41) is 40.9. The van der Waals surface area contributed by atoms with E-state index in [0.717, 1.165) is 24.0 Å². The third-order valence-electron chi connectivity index (χ3n) is 9.49. The number of rotatable bonds is 11. The molecule has 46 heavy (non-hydrogen) atoms. The van der Waals surface area contributed by atoms with E-state index in [1.807, 2.05) is 6.07 Å². The smallest absolute Gasteiger partial charge is 0.353 e. The molecular formula is C33H32O13. The molecule has 13 nitrogen and oxygen atoms in total. The van der Waals surface area contributed by atoms with Crippen LogP contribution in [-0.2, 0) is 50.0 Å². The van der Waals surface area contributed by atoms with Crippen LogP contribution in [0.1, 0.15) is 67.7 Å². The van der Waals surface area contributed by atoms with Gasteiger partial charge in [0.25, 0.3) is 0 Å². The zero-order valence-corrected chi connectivity index (χ0v) is 24.5. The van der Waals surface area contributed by atoms with Crippen LogP contribution in [0.3, 0.4) is 0 Å². The van der Waals surface area contributed by atoms with Gasteiger partial charge in [-0.3, -0.25) is 14.4 Å². The Morgan fingerprint density at radius 3 is 2.43 bits per heavy atom. The van der Waals surface area contributed by atoms with Crippen LogP contribution in [0.25, 0.3) is 0 Å². The van der Waals surface area contributed by atoms with E-state index < -0.39 is 78.4 Å². The zero-order chi connectivity index (χ0) is 32.8. The molecule has 2 aromatic carbocycles. The van der Waals surface area contributed by atoms with Crippen LogP contribution >= 0.6 is 0 Å². The summed E-state index contributed by atoms with van der Waals surface area (Å²) in [5.41, 5.74) is -0.163. The van der Waals surface area contributed by atoms with Crippen LogP contribution in [-0.4, -0.2) is 68.1 Å². The lowest BCUT2D eigenvalue weighted by Gasteiger charge is -2.59. The largest absolute Gasteiger partial charge is 0.504 e. The molecule has 4 N–H and O–H groups in total. The highest BCUT2D eigenvalue weighted by atomic mass is 16.6. The first kappa shape index (κ1) is 31.1. The zero-order valence-electron chi connectivity index (χ0n) is 24.5. The topological polar surface area (TPSA) is 203 Å². The van der Waals surface area contributed by atoms with Gasteiger partial charge in [0, 0.05) is 11.1 Å². The number of phenols is 1. The van der Waals surface area contributed by atoms with Crippen molar-refractivity contribution < 1.29 is 63.3 Å². The third-order valence-corrected chi connectivity index (χ3v) is 9.49. The molecule has 1 heterocycles. The van der Waals surface area contributed by atoms with Gasteiger partial charge in [0.05, 0.1) is 30.3 Å². The van der Waals surface area contributed by atoms with Gasteiger partial charge < -0.3 is 39.4 Å².